The molecule has 0 fully saturated rings. The summed E-state index contributed by atoms with van der Waals surface area (Å²) >= 11 is 23.3. The van der Waals surface area contributed by atoms with Crippen LogP contribution in [-0.4, -0.2) is 81.4 Å². The number of aromatic nitrogens is 2. The molecule has 0 amide bonds. The SMILES string of the molecule is Cn1c(CCCC(=O)O)nc2cc(N(CCCl)CCCl)ccc21.O=C(O)CCCc1ccc(N(CCCl)CCCl)cc1. The Morgan fingerprint density at radius 3 is 1.71 bits per heavy atom. The molecule has 3 aromatic rings. The molecular weight excluding hydrogens is 622 g/mol. The van der Waals surface area contributed by atoms with E-state index in [2.05, 4.69) is 14.8 Å². The standard InChI is InChI=1S/C16H21Cl2N3O2.C14H19Cl2NO2/c1-20-14-6-5-12(21(9-7-17)10-8-18)11-13(14)19-15(20)3-2-4-16(22)23;15-8-10-17(11-9-16)13-6-4-12(5-7-13)2-1-3-14(18)19/h5-6,11H,2-4,7-10H2,1H3,(H,22,23);4-7H,1-3,8-11H2,(H,18,19). The molecule has 0 unspecified atom stereocenters. The summed E-state index contributed by atoms with van der Waals surface area (Å²) in [5, 5.41) is 17.3. The van der Waals surface area contributed by atoms with Crippen LogP contribution in [-0.2, 0) is 29.5 Å². The number of carboxylic acid groups (broad SMARTS) is 2. The minimum absolute atomic E-state index is 0.160. The van der Waals surface area contributed by atoms with Crippen molar-refractivity contribution in [3.63, 3.8) is 0 Å². The van der Waals surface area contributed by atoms with Gasteiger partial charge < -0.3 is 24.6 Å². The summed E-state index contributed by atoms with van der Waals surface area (Å²) in [5.74, 6) is 1.60. The van der Waals surface area contributed by atoms with Crippen LogP contribution < -0.4 is 9.80 Å². The Labute approximate surface area is 268 Å². The number of halogens is 4. The maximum absolute atomic E-state index is 10.6. The van der Waals surface area contributed by atoms with Crippen LogP contribution >= 0.6 is 46.4 Å². The highest BCUT2D eigenvalue weighted by atomic mass is 35.5. The van der Waals surface area contributed by atoms with Gasteiger partial charge in [0.25, 0.3) is 0 Å². The number of anilines is 2. The fraction of sp³-hybridized carbons (Fsp3) is 0.500. The first-order valence-electron chi connectivity index (χ1n) is 14.0. The summed E-state index contributed by atoms with van der Waals surface area (Å²) < 4.78 is 2.02. The molecule has 12 heteroatoms. The van der Waals surface area contributed by atoms with E-state index in [0.29, 0.717) is 42.8 Å². The van der Waals surface area contributed by atoms with E-state index in [0.717, 1.165) is 66.4 Å². The highest BCUT2D eigenvalue weighted by Gasteiger charge is 2.12. The third-order valence-corrected chi connectivity index (χ3v) is 7.36. The molecule has 0 spiro atoms. The van der Waals surface area contributed by atoms with E-state index in [1.807, 2.05) is 54.1 Å². The zero-order chi connectivity index (χ0) is 30.9. The van der Waals surface area contributed by atoms with E-state index in [-0.39, 0.29) is 12.8 Å². The van der Waals surface area contributed by atoms with Crippen LogP contribution in [0.5, 0.6) is 0 Å². The van der Waals surface area contributed by atoms with Gasteiger partial charge in [-0.15, -0.1) is 46.4 Å². The van der Waals surface area contributed by atoms with E-state index in [9.17, 15) is 9.59 Å². The Kier molecular flexibility index (Phi) is 16.8. The van der Waals surface area contributed by atoms with Gasteiger partial charge in [0.1, 0.15) is 5.82 Å². The van der Waals surface area contributed by atoms with Gasteiger partial charge in [0, 0.05) is 87.4 Å². The molecule has 0 bridgehead atoms. The lowest BCUT2D eigenvalue weighted by Gasteiger charge is -2.23. The van der Waals surface area contributed by atoms with Crippen molar-refractivity contribution in [2.45, 2.75) is 38.5 Å². The minimum Gasteiger partial charge on any atom is -0.481 e. The Hall–Kier alpha value is -2.39. The van der Waals surface area contributed by atoms with Crippen LogP contribution in [0.2, 0.25) is 0 Å². The molecule has 8 nitrogen and oxygen atoms in total. The second-order valence-corrected chi connectivity index (χ2v) is 11.2. The largest absolute Gasteiger partial charge is 0.481 e. The molecule has 0 atom stereocenters. The quantitative estimate of drug-likeness (QED) is 0.147. The molecule has 0 aliphatic carbocycles. The fourth-order valence-corrected chi connectivity index (χ4v) is 5.34. The average molecular weight is 662 g/mol. The van der Waals surface area contributed by atoms with Crippen molar-refractivity contribution in [2.75, 3.05) is 59.5 Å². The summed E-state index contributed by atoms with van der Waals surface area (Å²) in [6, 6.07) is 14.3. The van der Waals surface area contributed by atoms with Gasteiger partial charge >= 0.3 is 11.9 Å². The van der Waals surface area contributed by atoms with Gasteiger partial charge in [0.05, 0.1) is 11.0 Å². The lowest BCUT2D eigenvalue weighted by atomic mass is 10.1. The Morgan fingerprint density at radius 2 is 1.21 bits per heavy atom. The van der Waals surface area contributed by atoms with E-state index in [1.54, 1.807) is 0 Å². The van der Waals surface area contributed by atoms with Crippen LogP contribution in [0.3, 0.4) is 0 Å². The maximum atomic E-state index is 10.6. The predicted octanol–water partition coefficient (Wildman–Crippen LogP) is 6.64. The van der Waals surface area contributed by atoms with Crippen molar-refractivity contribution < 1.29 is 19.8 Å². The third kappa shape index (κ3) is 12.1. The Bertz CT molecular complexity index is 1230. The lowest BCUT2D eigenvalue weighted by molar-refractivity contribution is -0.138. The zero-order valence-electron chi connectivity index (χ0n) is 24.0. The molecule has 0 aliphatic rings. The molecule has 2 aromatic carbocycles. The lowest BCUT2D eigenvalue weighted by Crippen LogP contribution is -2.27. The van der Waals surface area contributed by atoms with Gasteiger partial charge in [-0.25, -0.2) is 4.98 Å². The molecule has 1 heterocycles. The van der Waals surface area contributed by atoms with Crippen LogP contribution in [0.15, 0.2) is 42.5 Å². The number of fused-ring (bicyclic) bond motifs is 1. The van der Waals surface area contributed by atoms with Gasteiger partial charge in [-0.05, 0) is 55.2 Å². The summed E-state index contributed by atoms with van der Waals surface area (Å²) in [6.07, 6.45) is 3.07. The molecular formula is C30H40Cl4N4O4. The van der Waals surface area contributed by atoms with Gasteiger partial charge in [0.2, 0.25) is 0 Å². The van der Waals surface area contributed by atoms with Crippen molar-refractivity contribution in [3.05, 3.63) is 53.9 Å². The third-order valence-electron chi connectivity index (χ3n) is 6.69. The minimum atomic E-state index is -0.774. The number of aliphatic carboxylic acids is 2. The highest BCUT2D eigenvalue weighted by Crippen LogP contribution is 2.23. The van der Waals surface area contributed by atoms with Crippen molar-refractivity contribution >= 4 is 80.8 Å². The van der Waals surface area contributed by atoms with Crippen molar-refractivity contribution in [2.24, 2.45) is 7.05 Å². The summed E-state index contributed by atoms with van der Waals surface area (Å²) in [6.45, 7) is 3.01. The van der Waals surface area contributed by atoms with Gasteiger partial charge in [0.15, 0.2) is 0 Å². The zero-order valence-corrected chi connectivity index (χ0v) is 27.0. The Morgan fingerprint density at radius 1 is 0.738 bits per heavy atom. The van der Waals surface area contributed by atoms with E-state index in [1.165, 1.54) is 0 Å². The van der Waals surface area contributed by atoms with Crippen molar-refractivity contribution in [1.82, 2.24) is 9.55 Å². The van der Waals surface area contributed by atoms with Gasteiger partial charge in [-0.3, -0.25) is 9.59 Å². The first-order valence-corrected chi connectivity index (χ1v) is 16.1. The second-order valence-electron chi connectivity index (χ2n) is 9.65. The maximum Gasteiger partial charge on any atom is 0.303 e. The summed E-state index contributed by atoms with van der Waals surface area (Å²) in [4.78, 5) is 30.0. The summed E-state index contributed by atoms with van der Waals surface area (Å²) in [7, 11) is 1.96. The number of hydrogen-bond donors (Lipinski definition) is 2. The molecule has 2 N–H and O–H groups in total. The molecule has 0 saturated heterocycles. The second kappa shape index (κ2) is 19.7. The van der Waals surface area contributed by atoms with Crippen molar-refractivity contribution in [1.29, 1.82) is 0 Å². The fourth-order valence-electron chi connectivity index (χ4n) is 4.52. The molecule has 0 radical (unpaired) electrons. The molecule has 0 saturated carbocycles. The van der Waals surface area contributed by atoms with Gasteiger partial charge in [-0.2, -0.15) is 0 Å². The average Bonchev–Trinajstić information content (AvgIpc) is 3.27. The Balaban J connectivity index is 0.000000299. The van der Waals surface area contributed by atoms with Crippen LogP contribution in [0, 0.1) is 0 Å². The monoisotopic (exact) mass is 660 g/mol. The normalized spacial score (nSPS) is 10.8. The van der Waals surface area contributed by atoms with Gasteiger partial charge in [-0.1, -0.05) is 12.1 Å². The number of imidazole rings is 1. The predicted molar refractivity (Wildman–Crippen MR) is 176 cm³/mol. The van der Waals surface area contributed by atoms with Crippen LogP contribution in [0.4, 0.5) is 11.4 Å². The smallest absolute Gasteiger partial charge is 0.303 e. The van der Waals surface area contributed by atoms with E-state index in [4.69, 9.17) is 56.6 Å². The number of benzene rings is 2. The number of hydrogen-bond acceptors (Lipinski definition) is 5. The molecule has 3 rings (SSSR count). The highest BCUT2D eigenvalue weighted by molar-refractivity contribution is 6.19. The van der Waals surface area contributed by atoms with E-state index >= 15 is 0 Å². The number of alkyl halides is 4. The topological polar surface area (TPSA) is 98.9 Å². The number of rotatable bonds is 18. The van der Waals surface area contributed by atoms with E-state index < -0.39 is 11.9 Å². The van der Waals surface area contributed by atoms with Crippen molar-refractivity contribution in [3.8, 4) is 0 Å². The number of carboxylic acids is 2. The molecule has 0 aliphatic heterocycles. The first-order chi connectivity index (χ1) is 20.2. The number of carbonyl (C=O) groups is 2. The number of aryl methyl sites for hydroxylation is 3. The first kappa shape index (κ1) is 35.8. The van der Waals surface area contributed by atoms with Crippen LogP contribution in [0.1, 0.15) is 37.1 Å². The molecule has 1 aromatic heterocycles. The summed E-state index contributed by atoms with van der Waals surface area (Å²) in [5.41, 5.74) is 5.25. The molecule has 42 heavy (non-hydrogen) atoms. The number of nitrogens with zero attached hydrogens (tertiary/aromatic N) is 4. The van der Waals surface area contributed by atoms with Crippen LogP contribution in [0.25, 0.3) is 11.0 Å². The molecule has 232 valence electrons.